The number of carbonyl (C=O) groups is 1. The number of nitrogens with zero attached hydrogens (tertiary/aromatic N) is 1. The van der Waals surface area contributed by atoms with Crippen molar-refractivity contribution in [2.45, 2.75) is 6.61 Å². The zero-order chi connectivity index (χ0) is 23.5. The quantitative estimate of drug-likeness (QED) is 0.206. The van der Waals surface area contributed by atoms with Crippen LogP contribution in [0.15, 0.2) is 74.5 Å². The average Bonchev–Trinajstić information content (AvgIpc) is 3.06. The number of thiocarbonyl (C=S) groups is 1. The predicted octanol–water partition coefficient (Wildman–Crippen LogP) is 7.86. The maximum Gasteiger partial charge on any atom is 0.270 e. The summed E-state index contributed by atoms with van der Waals surface area (Å²) in [6.07, 6.45) is 1.79. The van der Waals surface area contributed by atoms with Gasteiger partial charge in [-0.15, -0.1) is 0 Å². The standard InChI is InChI=1S/C24H16Br2ClNO3S2/c1-30-20-10-15(9-19(26)22(20)31-13-14-5-7-16(25)8-6-14)11-21-23(29)28(24(32)33-21)18-4-2-3-17(27)12-18/h2-12H,13H2,1H3/b21-11-. The number of amides is 1. The van der Waals surface area contributed by atoms with Crippen molar-refractivity contribution >= 4 is 89.4 Å². The maximum absolute atomic E-state index is 13.1. The molecule has 4 nitrogen and oxygen atoms in total. The molecule has 1 aliphatic rings. The number of methoxy groups -OCH3 is 1. The molecule has 3 aromatic rings. The SMILES string of the molecule is COc1cc(/C=C2\SC(=S)N(c3cccc(Cl)c3)C2=O)cc(Br)c1OCc1ccc(Br)cc1. The monoisotopic (exact) mass is 623 g/mol. The molecule has 0 spiro atoms. The molecule has 9 heteroatoms. The Balaban J connectivity index is 1.58. The molecule has 1 heterocycles. The third-order valence-corrected chi connectivity index (χ3v) is 7.36. The summed E-state index contributed by atoms with van der Waals surface area (Å²) in [5.41, 5.74) is 2.45. The van der Waals surface area contributed by atoms with E-state index in [1.165, 1.54) is 16.7 Å². The minimum atomic E-state index is -0.196. The van der Waals surface area contributed by atoms with Crippen LogP contribution >= 0.6 is 67.4 Å². The highest BCUT2D eigenvalue weighted by Crippen LogP contribution is 2.40. The largest absolute Gasteiger partial charge is 0.493 e. The molecule has 0 radical (unpaired) electrons. The van der Waals surface area contributed by atoms with Crippen LogP contribution in [0.25, 0.3) is 6.08 Å². The Kier molecular flexibility index (Phi) is 7.81. The zero-order valence-corrected chi connectivity index (χ0v) is 22.7. The Bertz CT molecular complexity index is 1270. The second kappa shape index (κ2) is 10.6. The second-order valence-electron chi connectivity index (χ2n) is 6.95. The molecule has 33 heavy (non-hydrogen) atoms. The van der Waals surface area contributed by atoms with Gasteiger partial charge in [0.2, 0.25) is 0 Å². The Morgan fingerprint density at radius 2 is 1.88 bits per heavy atom. The number of halogens is 3. The maximum atomic E-state index is 13.1. The van der Waals surface area contributed by atoms with Gasteiger partial charge in [-0.1, -0.05) is 69.7 Å². The Morgan fingerprint density at radius 3 is 2.58 bits per heavy atom. The van der Waals surface area contributed by atoms with Crippen LogP contribution in [0.1, 0.15) is 11.1 Å². The van der Waals surface area contributed by atoms with Gasteiger partial charge in [-0.05, 0) is 75.6 Å². The Labute approximate surface area is 223 Å². The van der Waals surface area contributed by atoms with E-state index in [4.69, 9.17) is 33.3 Å². The van der Waals surface area contributed by atoms with Gasteiger partial charge in [0, 0.05) is 9.50 Å². The molecule has 1 amide bonds. The fourth-order valence-corrected chi connectivity index (χ4v) is 5.48. The van der Waals surface area contributed by atoms with Crippen LogP contribution in [0, 0.1) is 0 Å². The highest BCUT2D eigenvalue weighted by atomic mass is 79.9. The molecule has 168 valence electrons. The van der Waals surface area contributed by atoms with Crippen molar-refractivity contribution in [2.75, 3.05) is 12.0 Å². The van der Waals surface area contributed by atoms with Crippen LogP contribution in [0.5, 0.6) is 11.5 Å². The molecule has 3 aromatic carbocycles. The van der Waals surface area contributed by atoms with E-state index < -0.39 is 0 Å². The average molecular weight is 626 g/mol. The first-order valence-corrected chi connectivity index (χ1v) is 12.8. The number of rotatable bonds is 6. The molecule has 1 saturated heterocycles. The van der Waals surface area contributed by atoms with E-state index in [0.29, 0.717) is 38.0 Å². The van der Waals surface area contributed by atoms with Crippen molar-refractivity contribution in [3.63, 3.8) is 0 Å². The van der Waals surface area contributed by atoms with Crippen LogP contribution in [0.3, 0.4) is 0 Å². The van der Waals surface area contributed by atoms with Gasteiger partial charge in [-0.25, -0.2) is 0 Å². The van der Waals surface area contributed by atoms with E-state index in [1.807, 2.05) is 36.4 Å². The summed E-state index contributed by atoms with van der Waals surface area (Å²) in [4.78, 5) is 15.1. The summed E-state index contributed by atoms with van der Waals surface area (Å²) >= 11 is 19.8. The van der Waals surface area contributed by atoms with E-state index in [1.54, 1.807) is 37.5 Å². The van der Waals surface area contributed by atoms with Gasteiger partial charge in [-0.2, -0.15) is 0 Å². The lowest BCUT2D eigenvalue weighted by atomic mass is 10.1. The van der Waals surface area contributed by atoms with Crippen molar-refractivity contribution < 1.29 is 14.3 Å². The number of hydrogen-bond donors (Lipinski definition) is 0. The number of ether oxygens (including phenoxy) is 2. The number of thioether (sulfide) groups is 1. The lowest BCUT2D eigenvalue weighted by Gasteiger charge is -2.15. The summed E-state index contributed by atoms with van der Waals surface area (Å²) in [7, 11) is 1.58. The van der Waals surface area contributed by atoms with Gasteiger partial charge in [-0.3, -0.25) is 9.69 Å². The smallest absolute Gasteiger partial charge is 0.270 e. The third kappa shape index (κ3) is 5.63. The second-order valence-corrected chi connectivity index (χ2v) is 10.8. The summed E-state index contributed by atoms with van der Waals surface area (Å²) in [5, 5.41) is 0.540. The normalized spacial score (nSPS) is 14.8. The molecule has 0 N–H and O–H groups in total. The predicted molar refractivity (Wildman–Crippen MR) is 146 cm³/mol. The molecule has 4 rings (SSSR count). The fourth-order valence-electron chi connectivity index (χ4n) is 3.16. The number of benzene rings is 3. The van der Waals surface area contributed by atoms with Crippen molar-refractivity contribution in [1.29, 1.82) is 0 Å². The van der Waals surface area contributed by atoms with Crippen molar-refractivity contribution in [2.24, 2.45) is 0 Å². The number of hydrogen-bond acceptors (Lipinski definition) is 5. The first-order chi connectivity index (χ1) is 15.9. The molecule has 0 saturated carbocycles. The number of anilines is 1. The van der Waals surface area contributed by atoms with Crippen LogP contribution in [-0.2, 0) is 11.4 Å². The Morgan fingerprint density at radius 1 is 1.12 bits per heavy atom. The summed E-state index contributed by atoms with van der Waals surface area (Å²) in [6.45, 7) is 0.389. The van der Waals surface area contributed by atoms with Gasteiger partial charge in [0.25, 0.3) is 5.91 Å². The van der Waals surface area contributed by atoms with Crippen LogP contribution in [-0.4, -0.2) is 17.3 Å². The minimum Gasteiger partial charge on any atom is -0.493 e. The van der Waals surface area contributed by atoms with Crippen LogP contribution in [0.4, 0.5) is 5.69 Å². The van der Waals surface area contributed by atoms with Crippen molar-refractivity contribution in [1.82, 2.24) is 0 Å². The van der Waals surface area contributed by atoms with Crippen LogP contribution < -0.4 is 14.4 Å². The molecule has 1 fully saturated rings. The van der Waals surface area contributed by atoms with E-state index in [0.717, 1.165) is 20.1 Å². The molecular weight excluding hydrogens is 610 g/mol. The fraction of sp³-hybridized carbons (Fsp3) is 0.0833. The molecular formula is C24H16Br2ClNO3S2. The van der Waals surface area contributed by atoms with Gasteiger partial charge in [0.05, 0.1) is 22.2 Å². The Hall–Kier alpha value is -1.84. The zero-order valence-electron chi connectivity index (χ0n) is 17.2. The summed E-state index contributed by atoms with van der Waals surface area (Å²) in [5.74, 6) is 0.944. The lowest BCUT2D eigenvalue weighted by Crippen LogP contribution is -2.27. The molecule has 1 aliphatic heterocycles. The summed E-state index contributed by atoms with van der Waals surface area (Å²) < 4.78 is 13.7. The highest BCUT2D eigenvalue weighted by Gasteiger charge is 2.33. The highest BCUT2D eigenvalue weighted by molar-refractivity contribution is 9.10. The topological polar surface area (TPSA) is 38.8 Å². The first kappa shape index (κ1) is 24.3. The van der Waals surface area contributed by atoms with E-state index >= 15 is 0 Å². The van der Waals surface area contributed by atoms with E-state index in [9.17, 15) is 4.79 Å². The van der Waals surface area contributed by atoms with Crippen molar-refractivity contribution in [3.8, 4) is 11.5 Å². The van der Waals surface area contributed by atoms with Crippen LogP contribution in [0.2, 0.25) is 5.02 Å². The van der Waals surface area contributed by atoms with Crippen molar-refractivity contribution in [3.05, 3.63) is 90.7 Å². The molecule has 0 unspecified atom stereocenters. The molecule has 0 atom stereocenters. The third-order valence-electron chi connectivity index (χ3n) is 4.71. The van der Waals surface area contributed by atoms with Gasteiger partial charge >= 0.3 is 0 Å². The van der Waals surface area contributed by atoms with E-state index in [2.05, 4.69) is 31.9 Å². The molecule has 0 aliphatic carbocycles. The van der Waals surface area contributed by atoms with Gasteiger partial charge < -0.3 is 9.47 Å². The van der Waals surface area contributed by atoms with E-state index in [-0.39, 0.29) is 5.91 Å². The molecule has 0 aromatic heterocycles. The van der Waals surface area contributed by atoms with Gasteiger partial charge in [0.1, 0.15) is 6.61 Å². The lowest BCUT2D eigenvalue weighted by molar-refractivity contribution is -0.113. The molecule has 0 bridgehead atoms. The van der Waals surface area contributed by atoms with Gasteiger partial charge in [0.15, 0.2) is 15.8 Å². The minimum absolute atomic E-state index is 0.196. The number of carbonyl (C=O) groups excluding carboxylic acids is 1. The first-order valence-electron chi connectivity index (χ1n) is 9.64. The summed E-state index contributed by atoms with van der Waals surface area (Å²) in [6, 6.07) is 18.7.